The summed E-state index contributed by atoms with van der Waals surface area (Å²) in [5.74, 6) is -2.23. The number of ether oxygens (including phenoxy) is 1. The van der Waals surface area contributed by atoms with Crippen LogP contribution in [0.2, 0.25) is 19.6 Å². The Kier molecular flexibility index (Phi) is 8.18. The van der Waals surface area contributed by atoms with E-state index in [4.69, 9.17) is 9.26 Å². The van der Waals surface area contributed by atoms with Crippen LogP contribution in [0.3, 0.4) is 0 Å². The zero-order valence-corrected chi connectivity index (χ0v) is 21.0. The molecule has 0 bridgehead atoms. The number of carbonyl (C=O) groups is 2. The smallest absolute Gasteiger partial charge is 0.280 e. The van der Waals surface area contributed by atoms with Crippen LogP contribution in [-0.4, -0.2) is 32.0 Å². The van der Waals surface area contributed by atoms with Crippen molar-refractivity contribution in [3.8, 4) is 0 Å². The number of hydrogen-bond donors (Lipinski definition) is 2. The molecule has 0 aliphatic rings. The van der Waals surface area contributed by atoms with Crippen molar-refractivity contribution >= 4 is 25.0 Å². The van der Waals surface area contributed by atoms with Crippen molar-refractivity contribution in [3.05, 3.63) is 86.9 Å². The van der Waals surface area contributed by atoms with Crippen LogP contribution in [0, 0.1) is 11.6 Å². The van der Waals surface area contributed by atoms with Crippen LogP contribution in [0.4, 0.5) is 8.78 Å². The number of ketones is 1. The molecule has 1 atom stereocenters. The largest absolute Gasteiger partial charge is 0.383 e. The maximum Gasteiger partial charge on any atom is 0.280 e. The van der Waals surface area contributed by atoms with E-state index in [9.17, 15) is 23.2 Å². The third-order valence-corrected chi connectivity index (χ3v) is 7.37. The SMILES string of the molecule is COCc1ccc([C@@H](NC(=O)Cc2cc(=O)[nH]o2)C(=O)Cc2cc(F)c([Si](C)(C)C)c(F)c2)cc1. The molecule has 1 amide bonds. The van der Waals surface area contributed by atoms with Crippen LogP contribution in [0.1, 0.15) is 28.5 Å². The number of carbonyl (C=O) groups excluding carboxylic acids is 2. The summed E-state index contributed by atoms with van der Waals surface area (Å²) in [5.41, 5.74) is 1.06. The second-order valence-electron chi connectivity index (χ2n) is 9.36. The molecule has 0 spiro atoms. The summed E-state index contributed by atoms with van der Waals surface area (Å²) in [6, 6.07) is 9.32. The molecule has 186 valence electrons. The summed E-state index contributed by atoms with van der Waals surface area (Å²) < 4.78 is 39.4. The number of hydrogen-bond acceptors (Lipinski definition) is 5. The van der Waals surface area contributed by atoms with Crippen molar-refractivity contribution in [1.29, 1.82) is 0 Å². The van der Waals surface area contributed by atoms with E-state index in [0.717, 1.165) is 11.6 Å². The normalized spacial score (nSPS) is 12.4. The number of nitrogens with one attached hydrogen (secondary N) is 2. The number of amides is 1. The van der Waals surface area contributed by atoms with Crippen molar-refractivity contribution in [2.24, 2.45) is 0 Å². The van der Waals surface area contributed by atoms with Gasteiger partial charge in [-0.15, -0.1) is 0 Å². The van der Waals surface area contributed by atoms with Gasteiger partial charge in [0.1, 0.15) is 23.4 Å². The molecule has 0 aliphatic heterocycles. The number of Topliss-reactive ketones (excluding diaryl/α,β-unsaturated/α-hetero) is 1. The van der Waals surface area contributed by atoms with E-state index in [2.05, 4.69) is 10.5 Å². The Balaban J connectivity index is 1.86. The lowest BCUT2D eigenvalue weighted by atomic mass is 9.96. The number of aromatic amines is 1. The molecular formula is C25H28F2N2O5Si. The molecule has 1 heterocycles. The summed E-state index contributed by atoms with van der Waals surface area (Å²) in [7, 11) is -0.704. The molecule has 10 heteroatoms. The maximum atomic E-state index is 14.7. The van der Waals surface area contributed by atoms with E-state index in [1.165, 1.54) is 12.1 Å². The van der Waals surface area contributed by atoms with Gasteiger partial charge in [0, 0.05) is 24.8 Å². The van der Waals surface area contributed by atoms with E-state index in [1.807, 2.05) is 19.6 Å². The fourth-order valence-electron chi connectivity index (χ4n) is 3.85. The van der Waals surface area contributed by atoms with Crippen LogP contribution in [0.15, 0.2) is 51.8 Å². The van der Waals surface area contributed by atoms with Gasteiger partial charge in [0.15, 0.2) is 5.78 Å². The molecule has 3 aromatic rings. The zero-order valence-electron chi connectivity index (χ0n) is 20.0. The van der Waals surface area contributed by atoms with Crippen molar-refractivity contribution in [2.75, 3.05) is 7.11 Å². The summed E-state index contributed by atoms with van der Waals surface area (Å²) in [6.07, 6.45) is -0.553. The fourth-order valence-corrected chi connectivity index (χ4v) is 5.43. The van der Waals surface area contributed by atoms with E-state index >= 15 is 0 Å². The van der Waals surface area contributed by atoms with Crippen LogP contribution >= 0.6 is 0 Å². The van der Waals surface area contributed by atoms with Crippen LogP contribution in [-0.2, 0) is 33.8 Å². The lowest BCUT2D eigenvalue weighted by Gasteiger charge is -2.21. The molecular weight excluding hydrogens is 474 g/mol. The van der Waals surface area contributed by atoms with Crippen LogP contribution in [0.5, 0.6) is 0 Å². The standard InChI is InChI=1S/C25H28F2N2O5Si/c1-33-14-15-5-7-17(8-6-15)24(28-22(31)12-18-13-23(32)29-34-18)21(30)11-16-9-19(26)25(20(27)10-16)35(2,3)4/h5-10,13,24H,11-12,14H2,1-4H3,(H,28,31)(H,29,32)/t24-/m1/s1. The monoisotopic (exact) mass is 502 g/mol. The van der Waals surface area contributed by atoms with Crippen molar-refractivity contribution in [1.82, 2.24) is 10.5 Å². The molecule has 0 saturated heterocycles. The number of halogens is 2. The van der Waals surface area contributed by atoms with Gasteiger partial charge in [-0.3, -0.25) is 14.4 Å². The Labute approximate surface area is 202 Å². The van der Waals surface area contributed by atoms with Gasteiger partial charge >= 0.3 is 0 Å². The average Bonchev–Trinajstić information content (AvgIpc) is 3.15. The second-order valence-corrected chi connectivity index (χ2v) is 14.4. The number of methoxy groups -OCH3 is 1. The molecule has 7 nitrogen and oxygen atoms in total. The minimum absolute atomic E-state index is 0.0836. The quantitative estimate of drug-likeness (QED) is 0.415. The summed E-state index contributed by atoms with van der Waals surface area (Å²) in [6.45, 7) is 5.89. The number of rotatable bonds is 10. The van der Waals surface area contributed by atoms with E-state index in [-0.39, 0.29) is 29.4 Å². The summed E-state index contributed by atoms with van der Waals surface area (Å²) in [5, 5.41) is 4.84. The van der Waals surface area contributed by atoms with Gasteiger partial charge in [-0.25, -0.2) is 8.78 Å². The number of H-pyrrole nitrogens is 1. The molecule has 0 saturated carbocycles. The first-order valence-corrected chi connectivity index (χ1v) is 14.5. The minimum atomic E-state index is -2.27. The fraction of sp³-hybridized carbons (Fsp3) is 0.320. The first-order valence-electron chi connectivity index (χ1n) is 11.0. The molecule has 0 aliphatic carbocycles. The number of benzene rings is 2. The minimum Gasteiger partial charge on any atom is -0.383 e. The molecule has 0 radical (unpaired) electrons. The molecule has 2 aromatic carbocycles. The van der Waals surface area contributed by atoms with Gasteiger partial charge in [-0.2, -0.15) is 5.16 Å². The molecule has 0 unspecified atom stereocenters. The Morgan fingerprint density at radius 1 is 1.03 bits per heavy atom. The third kappa shape index (κ3) is 6.83. The Morgan fingerprint density at radius 3 is 2.17 bits per heavy atom. The Morgan fingerprint density at radius 2 is 1.66 bits per heavy atom. The second kappa shape index (κ2) is 10.9. The number of aromatic nitrogens is 1. The van der Waals surface area contributed by atoms with Gasteiger partial charge in [-0.05, 0) is 28.8 Å². The first kappa shape index (κ1) is 26.2. The van der Waals surface area contributed by atoms with Gasteiger partial charge in [0.05, 0.1) is 21.1 Å². The highest BCUT2D eigenvalue weighted by Crippen LogP contribution is 2.20. The molecule has 35 heavy (non-hydrogen) atoms. The van der Waals surface area contributed by atoms with Crippen molar-refractivity contribution in [2.45, 2.75) is 45.1 Å². The topological polar surface area (TPSA) is 101 Å². The van der Waals surface area contributed by atoms with E-state index in [1.54, 1.807) is 31.4 Å². The van der Waals surface area contributed by atoms with Gasteiger partial charge in [0.2, 0.25) is 5.91 Å². The Bertz CT molecular complexity index is 1240. The molecule has 0 fully saturated rings. The van der Waals surface area contributed by atoms with E-state index < -0.39 is 43.0 Å². The summed E-state index contributed by atoms with van der Waals surface area (Å²) >= 11 is 0. The highest BCUT2D eigenvalue weighted by atomic mass is 28.3. The van der Waals surface area contributed by atoms with Crippen molar-refractivity contribution < 1.29 is 27.6 Å². The first-order chi connectivity index (χ1) is 16.5. The molecule has 2 N–H and O–H groups in total. The Hall–Kier alpha value is -3.37. The van der Waals surface area contributed by atoms with Gasteiger partial charge in [-0.1, -0.05) is 43.9 Å². The lowest BCUT2D eigenvalue weighted by molar-refractivity contribution is -0.127. The van der Waals surface area contributed by atoms with Gasteiger partial charge < -0.3 is 14.6 Å². The maximum absolute atomic E-state index is 14.7. The van der Waals surface area contributed by atoms with Crippen molar-refractivity contribution in [3.63, 3.8) is 0 Å². The highest BCUT2D eigenvalue weighted by molar-refractivity contribution is 6.88. The highest BCUT2D eigenvalue weighted by Gasteiger charge is 2.28. The van der Waals surface area contributed by atoms with Crippen LogP contribution in [0.25, 0.3) is 0 Å². The average molecular weight is 503 g/mol. The lowest BCUT2D eigenvalue weighted by Crippen LogP contribution is -2.42. The van der Waals surface area contributed by atoms with Crippen LogP contribution < -0.4 is 16.1 Å². The van der Waals surface area contributed by atoms with E-state index in [0.29, 0.717) is 12.2 Å². The molecule has 3 rings (SSSR count). The predicted molar refractivity (Wildman–Crippen MR) is 129 cm³/mol. The summed E-state index contributed by atoms with van der Waals surface area (Å²) in [4.78, 5) is 37.1. The third-order valence-electron chi connectivity index (χ3n) is 5.39. The van der Waals surface area contributed by atoms with Gasteiger partial charge in [0.25, 0.3) is 5.56 Å². The molecule has 1 aromatic heterocycles. The predicted octanol–water partition coefficient (Wildman–Crippen LogP) is 3.15. The zero-order chi connectivity index (χ0) is 25.8.